The molecule has 2 atom stereocenters. The first-order valence-corrected chi connectivity index (χ1v) is 4.64. The number of aliphatic hydroxyl groups excluding tert-OH is 2. The summed E-state index contributed by atoms with van der Waals surface area (Å²) in [5, 5.41) is 18.9. The minimum Gasteiger partial charge on any atom is -0.390 e. The Morgan fingerprint density at radius 1 is 1.08 bits per heavy atom. The Bertz CT molecular complexity index is 233. The van der Waals surface area contributed by atoms with Gasteiger partial charge in [0.25, 0.3) is 0 Å². The Balaban J connectivity index is 2.50. The summed E-state index contributed by atoms with van der Waals surface area (Å²) in [5.74, 6) is 0. The molecule has 2 unspecified atom stereocenters. The van der Waals surface area contributed by atoms with Crippen molar-refractivity contribution < 1.29 is 10.2 Å². The zero-order valence-corrected chi connectivity index (χ0v) is 7.85. The van der Waals surface area contributed by atoms with Crippen molar-refractivity contribution in [2.75, 3.05) is 0 Å². The van der Waals surface area contributed by atoms with Crippen molar-refractivity contribution in [1.82, 2.24) is 0 Å². The van der Waals surface area contributed by atoms with Crippen molar-refractivity contribution in [2.45, 2.75) is 32.0 Å². The molecule has 1 rings (SSSR count). The van der Waals surface area contributed by atoms with Gasteiger partial charge in [0.2, 0.25) is 0 Å². The molecule has 0 aliphatic rings. The Hall–Kier alpha value is -0.860. The lowest BCUT2D eigenvalue weighted by molar-refractivity contribution is 0.0182. The van der Waals surface area contributed by atoms with E-state index in [-0.39, 0.29) is 0 Å². The van der Waals surface area contributed by atoms with Gasteiger partial charge in [0.1, 0.15) is 0 Å². The van der Waals surface area contributed by atoms with Crippen molar-refractivity contribution in [3.05, 3.63) is 35.9 Å². The van der Waals surface area contributed by atoms with E-state index in [0.717, 1.165) is 5.56 Å². The van der Waals surface area contributed by atoms with E-state index < -0.39 is 12.2 Å². The fourth-order valence-electron chi connectivity index (χ4n) is 1.26. The molecule has 1 aromatic rings. The third-order valence-corrected chi connectivity index (χ3v) is 2.15. The molecule has 0 bridgehead atoms. The molecule has 0 radical (unpaired) electrons. The molecule has 0 saturated carbocycles. The molecule has 72 valence electrons. The van der Waals surface area contributed by atoms with E-state index in [2.05, 4.69) is 0 Å². The highest BCUT2D eigenvalue weighted by Crippen LogP contribution is 2.07. The first-order chi connectivity index (χ1) is 6.24. The predicted molar refractivity (Wildman–Crippen MR) is 52.5 cm³/mol. The summed E-state index contributed by atoms with van der Waals surface area (Å²) in [5.41, 5.74) is 1.06. The van der Waals surface area contributed by atoms with Crippen LogP contribution in [0.25, 0.3) is 0 Å². The molecule has 1 aromatic carbocycles. The molecular formula is C11H16O2. The van der Waals surface area contributed by atoms with E-state index in [1.165, 1.54) is 0 Å². The van der Waals surface area contributed by atoms with Gasteiger partial charge in [0.05, 0.1) is 12.2 Å². The van der Waals surface area contributed by atoms with E-state index >= 15 is 0 Å². The lowest BCUT2D eigenvalue weighted by Gasteiger charge is -2.15. The van der Waals surface area contributed by atoms with Crippen LogP contribution in [0.2, 0.25) is 0 Å². The maximum atomic E-state index is 9.52. The Labute approximate surface area is 78.8 Å². The van der Waals surface area contributed by atoms with Crippen molar-refractivity contribution in [3.63, 3.8) is 0 Å². The summed E-state index contributed by atoms with van der Waals surface area (Å²) >= 11 is 0. The topological polar surface area (TPSA) is 40.5 Å². The van der Waals surface area contributed by atoms with Gasteiger partial charge >= 0.3 is 0 Å². The number of hydrogen-bond donors (Lipinski definition) is 2. The van der Waals surface area contributed by atoms with Crippen LogP contribution >= 0.6 is 0 Å². The number of benzene rings is 1. The predicted octanol–water partition coefficient (Wildman–Crippen LogP) is 1.36. The molecular weight excluding hydrogens is 164 g/mol. The van der Waals surface area contributed by atoms with E-state index in [1.54, 1.807) is 0 Å². The number of rotatable bonds is 4. The van der Waals surface area contributed by atoms with Gasteiger partial charge in [-0.2, -0.15) is 0 Å². The highest BCUT2D eigenvalue weighted by Gasteiger charge is 2.13. The molecule has 0 aromatic heterocycles. The molecule has 0 saturated heterocycles. The lowest BCUT2D eigenvalue weighted by Crippen LogP contribution is -2.27. The zero-order chi connectivity index (χ0) is 9.68. The highest BCUT2D eigenvalue weighted by atomic mass is 16.3. The summed E-state index contributed by atoms with van der Waals surface area (Å²) in [6.45, 7) is 1.86. The van der Waals surface area contributed by atoms with Crippen LogP contribution in [0.4, 0.5) is 0 Å². The molecule has 0 heterocycles. The fraction of sp³-hybridized carbons (Fsp3) is 0.455. The van der Waals surface area contributed by atoms with Gasteiger partial charge in [0.15, 0.2) is 0 Å². The number of aliphatic hydroxyl groups is 2. The summed E-state index contributed by atoms with van der Waals surface area (Å²) in [6.07, 6.45) is -0.142. The maximum absolute atomic E-state index is 9.52. The van der Waals surface area contributed by atoms with Gasteiger partial charge in [-0.15, -0.1) is 0 Å². The molecule has 0 spiro atoms. The summed E-state index contributed by atoms with van der Waals surface area (Å²) in [4.78, 5) is 0. The van der Waals surface area contributed by atoms with Crippen molar-refractivity contribution in [2.24, 2.45) is 0 Å². The van der Waals surface area contributed by atoms with Gasteiger partial charge in [-0.25, -0.2) is 0 Å². The highest BCUT2D eigenvalue weighted by molar-refractivity contribution is 5.15. The monoisotopic (exact) mass is 180 g/mol. The molecule has 13 heavy (non-hydrogen) atoms. The molecule has 2 nitrogen and oxygen atoms in total. The zero-order valence-electron chi connectivity index (χ0n) is 7.85. The van der Waals surface area contributed by atoms with Crippen LogP contribution in [-0.4, -0.2) is 22.4 Å². The van der Waals surface area contributed by atoms with E-state index in [9.17, 15) is 10.2 Å². The Morgan fingerprint density at radius 2 is 1.69 bits per heavy atom. The molecule has 2 N–H and O–H groups in total. The standard InChI is InChI=1S/C11H16O2/c1-2-10(12)11(13)8-9-6-4-3-5-7-9/h3-7,10-13H,2,8H2,1H3. The Morgan fingerprint density at radius 3 is 2.23 bits per heavy atom. The van der Waals surface area contributed by atoms with Crippen molar-refractivity contribution in [3.8, 4) is 0 Å². The quantitative estimate of drug-likeness (QED) is 0.734. The number of hydrogen-bond acceptors (Lipinski definition) is 2. The second-order valence-electron chi connectivity index (χ2n) is 3.23. The first-order valence-electron chi connectivity index (χ1n) is 4.64. The average Bonchev–Trinajstić information content (AvgIpc) is 2.18. The van der Waals surface area contributed by atoms with Crippen LogP contribution in [0.15, 0.2) is 30.3 Å². The van der Waals surface area contributed by atoms with Crippen LogP contribution in [0.1, 0.15) is 18.9 Å². The van der Waals surface area contributed by atoms with Crippen LogP contribution in [0.5, 0.6) is 0 Å². The third kappa shape index (κ3) is 3.17. The second kappa shape index (κ2) is 5.00. The van der Waals surface area contributed by atoms with Gasteiger partial charge < -0.3 is 10.2 Å². The maximum Gasteiger partial charge on any atom is 0.0839 e. The second-order valence-corrected chi connectivity index (χ2v) is 3.23. The van der Waals surface area contributed by atoms with Gasteiger partial charge in [-0.3, -0.25) is 0 Å². The van der Waals surface area contributed by atoms with Crippen molar-refractivity contribution in [1.29, 1.82) is 0 Å². The summed E-state index contributed by atoms with van der Waals surface area (Å²) < 4.78 is 0. The minimum absolute atomic E-state index is 0.524. The van der Waals surface area contributed by atoms with E-state index in [0.29, 0.717) is 12.8 Å². The third-order valence-electron chi connectivity index (χ3n) is 2.15. The first kappa shape index (κ1) is 10.2. The molecule has 0 aliphatic carbocycles. The summed E-state index contributed by atoms with van der Waals surface area (Å²) in [6, 6.07) is 9.70. The SMILES string of the molecule is CCC(O)C(O)Cc1ccccc1. The minimum atomic E-state index is -0.646. The van der Waals surface area contributed by atoms with Gasteiger partial charge in [-0.1, -0.05) is 37.3 Å². The summed E-state index contributed by atoms with van der Waals surface area (Å²) in [7, 11) is 0. The fourth-order valence-corrected chi connectivity index (χ4v) is 1.26. The largest absolute Gasteiger partial charge is 0.390 e. The Kier molecular flexibility index (Phi) is 3.93. The van der Waals surface area contributed by atoms with Crippen LogP contribution in [0.3, 0.4) is 0 Å². The molecule has 0 aliphatic heterocycles. The van der Waals surface area contributed by atoms with Crippen LogP contribution < -0.4 is 0 Å². The molecule has 0 amide bonds. The van der Waals surface area contributed by atoms with E-state index in [1.807, 2.05) is 37.3 Å². The average molecular weight is 180 g/mol. The molecule has 2 heteroatoms. The molecule has 0 fully saturated rings. The van der Waals surface area contributed by atoms with Crippen LogP contribution in [0, 0.1) is 0 Å². The van der Waals surface area contributed by atoms with Crippen molar-refractivity contribution >= 4 is 0 Å². The lowest BCUT2D eigenvalue weighted by atomic mass is 10.0. The van der Waals surface area contributed by atoms with Gasteiger partial charge in [-0.05, 0) is 12.0 Å². The van der Waals surface area contributed by atoms with E-state index in [4.69, 9.17) is 0 Å². The van der Waals surface area contributed by atoms with Gasteiger partial charge in [0, 0.05) is 6.42 Å². The smallest absolute Gasteiger partial charge is 0.0839 e. The normalized spacial score (nSPS) is 15.3. The van der Waals surface area contributed by atoms with Crippen LogP contribution in [-0.2, 0) is 6.42 Å².